The zero-order valence-corrected chi connectivity index (χ0v) is 6.49. The van der Waals surface area contributed by atoms with Crippen molar-refractivity contribution in [3.63, 3.8) is 0 Å². The third-order valence-corrected chi connectivity index (χ3v) is 2.75. The first-order valence-electron chi connectivity index (χ1n) is 4.26. The smallest absolute Gasteiger partial charge is 0.136 e. The van der Waals surface area contributed by atoms with Gasteiger partial charge in [0, 0.05) is 24.9 Å². The molecular weight excluding hydrogens is 142 g/mol. The summed E-state index contributed by atoms with van der Waals surface area (Å²) in [5.74, 6) is 0.324. The van der Waals surface area contributed by atoms with Crippen molar-refractivity contribution in [2.24, 2.45) is 0 Å². The molecule has 0 aromatic carbocycles. The van der Waals surface area contributed by atoms with Gasteiger partial charge in [-0.2, -0.15) is 5.06 Å². The maximum atomic E-state index is 11.1. The molecule has 2 aliphatic heterocycles. The third kappa shape index (κ3) is 1.19. The molecule has 0 radical (unpaired) electrons. The van der Waals surface area contributed by atoms with Crippen LogP contribution in [0.1, 0.15) is 32.1 Å². The van der Waals surface area contributed by atoms with Gasteiger partial charge in [0.15, 0.2) is 0 Å². The highest BCUT2D eigenvalue weighted by molar-refractivity contribution is 5.80. The number of hydrogen-bond acceptors (Lipinski definition) is 3. The monoisotopic (exact) mass is 155 g/mol. The Kier molecular flexibility index (Phi) is 1.69. The highest BCUT2D eigenvalue weighted by Gasteiger charge is 2.36. The van der Waals surface area contributed by atoms with Crippen LogP contribution in [0.4, 0.5) is 0 Å². The normalized spacial score (nSPS) is 39.2. The molecule has 1 N–H and O–H groups in total. The average Bonchev–Trinajstić information content (AvgIpc) is 1.92. The highest BCUT2D eigenvalue weighted by atomic mass is 16.5. The van der Waals surface area contributed by atoms with Crippen LogP contribution in [0.15, 0.2) is 0 Å². The minimum absolute atomic E-state index is 0.134. The van der Waals surface area contributed by atoms with Gasteiger partial charge < -0.3 is 5.21 Å². The van der Waals surface area contributed by atoms with Gasteiger partial charge in [0.2, 0.25) is 0 Å². The molecule has 2 bridgehead atoms. The fourth-order valence-corrected chi connectivity index (χ4v) is 2.15. The number of nitrogens with zero attached hydrogens (tertiary/aromatic N) is 1. The summed E-state index contributed by atoms with van der Waals surface area (Å²) in [5.41, 5.74) is 0. The van der Waals surface area contributed by atoms with Gasteiger partial charge in [-0.25, -0.2) is 0 Å². The molecule has 0 aromatic rings. The minimum atomic E-state index is 0.134. The Labute approximate surface area is 66.0 Å². The van der Waals surface area contributed by atoms with E-state index < -0.39 is 0 Å². The van der Waals surface area contributed by atoms with E-state index in [4.69, 9.17) is 0 Å². The summed E-state index contributed by atoms with van der Waals surface area (Å²) in [6.07, 6.45) is 4.26. The van der Waals surface area contributed by atoms with E-state index in [1.807, 2.05) is 0 Å². The molecule has 0 saturated carbocycles. The summed E-state index contributed by atoms with van der Waals surface area (Å²) in [6, 6.07) is 0.269. The molecule has 62 valence electrons. The standard InChI is InChI=1S/C8H13NO2/c10-8-4-6-2-1-3-7(5-8)9(6)11/h6-7,11H,1-5H2/t6-,7-/m1/s1. The molecule has 3 nitrogen and oxygen atoms in total. The number of piperidine rings is 2. The number of rotatable bonds is 0. The van der Waals surface area contributed by atoms with Gasteiger partial charge in [0.25, 0.3) is 0 Å². The second kappa shape index (κ2) is 2.57. The molecule has 2 saturated heterocycles. The lowest BCUT2D eigenvalue weighted by Crippen LogP contribution is -2.50. The maximum absolute atomic E-state index is 11.1. The first-order valence-corrected chi connectivity index (χ1v) is 4.26. The van der Waals surface area contributed by atoms with Gasteiger partial charge in [-0.05, 0) is 12.8 Å². The fraction of sp³-hybridized carbons (Fsp3) is 0.875. The Bertz CT molecular complexity index is 165. The number of Topliss-reactive ketones (excluding diaryl/α,β-unsaturated/α-hetero) is 1. The summed E-state index contributed by atoms with van der Waals surface area (Å²) in [4.78, 5) is 11.1. The molecule has 2 atom stereocenters. The van der Waals surface area contributed by atoms with Crippen LogP contribution < -0.4 is 0 Å². The van der Waals surface area contributed by atoms with Crippen molar-refractivity contribution in [3.05, 3.63) is 0 Å². The summed E-state index contributed by atoms with van der Waals surface area (Å²) >= 11 is 0. The van der Waals surface area contributed by atoms with Crippen LogP contribution >= 0.6 is 0 Å². The largest absolute Gasteiger partial charge is 0.313 e. The molecule has 0 aromatic heterocycles. The Morgan fingerprint density at radius 1 is 1.27 bits per heavy atom. The Morgan fingerprint density at radius 2 is 1.82 bits per heavy atom. The highest BCUT2D eigenvalue weighted by Crippen LogP contribution is 2.30. The zero-order valence-electron chi connectivity index (χ0n) is 6.49. The molecule has 2 fully saturated rings. The molecule has 11 heavy (non-hydrogen) atoms. The average molecular weight is 155 g/mol. The van der Waals surface area contributed by atoms with Crippen molar-refractivity contribution in [3.8, 4) is 0 Å². The lowest BCUT2D eigenvalue weighted by atomic mass is 9.86. The summed E-state index contributed by atoms with van der Waals surface area (Å²) < 4.78 is 0. The van der Waals surface area contributed by atoms with Crippen LogP contribution in [-0.2, 0) is 4.79 Å². The number of hydroxylamine groups is 2. The van der Waals surface area contributed by atoms with Gasteiger partial charge in [0.05, 0.1) is 0 Å². The summed E-state index contributed by atoms with van der Waals surface area (Å²) in [6.45, 7) is 0. The van der Waals surface area contributed by atoms with Crippen LogP contribution in [0, 0.1) is 0 Å². The SMILES string of the molecule is O=C1C[C@H]2CCC[C@H](C1)N2O. The Balaban J connectivity index is 2.12. The van der Waals surface area contributed by atoms with Crippen LogP contribution in [0.25, 0.3) is 0 Å². The number of ketones is 1. The van der Waals surface area contributed by atoms with Gasteiger partial charge in [0.1, 0.15) is 5.78 Å². The lowest BCUT2D eigenvalue weighted by molar-refractivity contribution is -0.194. The summed E-state index contributed by atoms with van der Waals surface area (Å²) in [5, 5.41) is 10.9. The van der Waals surface area contributed by atoms with Crippen molar-refractivity contribution in [2.75, 3.05) is 0 Å². The molecule has 2 aliphatic rings. The Morgan fingerprint density at radius 3 is 2.36 bits per heavy atom. The predicted molar refractivity (Wildman–Crippen MR) is 39.3 cm³/mol. The van der Waals surface area contributed by atoms with E-state index in [2.05, 4.69) is 0 Å². The molecule has 3 heteroatoms. The van der Waals surface area contributed by atoms with Crippen molar-refractivity contribution < 1.29 is 10.0 Å². The molecular formula is C8H13NO2. The molecule has 2 rings (SSSR count). The van der Waals surface area contributed by atoms with E-state index in [0.29, 0.717) is 18.6 Å². The summed E-state index contributed by atoms with van der Waals surface area (Å²) in [7, 11) is 0. The molecule has 0 aliphatic carbocycles. The third-order valence-electron chi connectivity index (χ3n) is 2.75. The van der Waals surface area contributed by atoms with Crippen molar-refractivity contribution in [1.29, 1.82) is 0 Å². The first-order chi connectivity index (χ1) is 5.27. The lowest BCUT2D eigenvalue weighted by Gasteiger charge is -2.40. The van der Waals surface area contributed by atoms with Crippen LogP contribution in [0.5, 0.6) is 0 Å². The van der Waals surface area contributed by atoms with E-state index in [1.165, 1.54) is 11.5 Å². The van der Waals surface area contributed by atoms with Gasteiger partial charge in [-0.15, -0.1) is 0 Å². The first kappa shape index (κ1) is 7.25. The van der Waals surface area contributed by atoms with E-state index in [9.17, 15) is 10.0 Å². The van der Waals surface area contributed by atoms with Gasteiger partial charge in [-0.1, -0.05) is 6.42 Å². The number of carbonyl (C=O) groups is 1. The van der Waals surface area contributed by atoms with E-state index in [0.717, 1.165) is 12.8 Å². The molecule has 0 amide bonds. The minimum Gasteiger partial charge on any atom is -0.313 e. The number of fused-ring (bicyclic) bond motifs is 2. The maximum Gasteiger partial charge on any atom is 0.136 e. The number of carbonyl (C=O) groups excluding carboxylic acids is 1. The zero-order chi connectivity index (χ0) is 7.84. The van der Waals surface area contributed by atoms with E-state index >= 15 is 0 Å². The Hall–Kier alpha value is -0.410. The quantitative estimate of drug-likeness (QED) is 0.566. The van der Waals surface area contributed by atoms with Crippen LogP contribution in [0.3, 0.4) is 0 Å². The number of hydrogen-bond donors (Lipinski definition) is 1. The molecule has 2 heterocycles. The van der Waals surface area contributed by atoms with Crippen molar-refractivity contribution in [2.45, 2.75) is 44.2 Å². The fourth-order valence-electron chi connectivity index (χ4n) is 2.15. The topological polar surface area (TPSA) is 40.5 Å². The van der Waals surface area contributed by atoms with E-state index in [-0.39, 0.29) is 12.1 Å². The molecule has 0 unspecified atom stereocenters. The van der Waals surface area contributed by atoms with Crippen molar-refractivity contribution in [1.82, 2.24) is 5.06 Å². The second-order valence-corrected chi connectivity index (χ2v) is 3.57. The van der Waals surface area contributed by atoms with Gasteiger partial charge >= 0.3 is 0 Å². The van der Waals surface area contributed by atoms with Crippen LogP contribution in [-0.4, -0.2) is 28.1 Å². The van der Waals surface area contributed by atoms with E-state index in [1.54, 1.807) is 0 Å². The predicted octanol–water partition coefficient (Wildman–Crippen LogP) is 0.962. The second-order valence-electron chi connectivity index (χ2n) is 3.57. The van der Waals surface area contributed by atoms with Crippen LogP contribution in [0.2, 0.25) is 0 Å². The van der Waals surface area contributed by atoms with Gasteiger partial charge in [-0.3, -0.25) is 4.79 Å². The molecule has 0 spiro atoms. The van der Waals surface area contributed by atoms with Crippen molar-refractivity contribution >= 4 is 5.78 Å².